The first kappa shape index (κ1) is 22.2. The number of aromatic nitrogens is 1. The second kappa shape index (κ2) is 8.43. The molecule has 6 rings (SSSR count). The van der Waals surface area contributed by atoms with Crippen LogP contribution in [-0.4, -0.2) is 53.0 Å². The highest BCUT2D eigenvalue weighted by Gasteiger charge is 2.51. The smallest absolute Gasteiger partial charge is 0.410 e. The van der Waals surface area contributed by atoms with Crippen molar-refractivity contribution in [2.45, 2.75) is 43.4 Å². The van der Waals surface area contributed by atoms with Gasteiger partial charge in [0.1, 0.15) is 23.7 Å². The molecule has 1 N–H and O–H groups in total. The van der Waals surface area contributed by atoms with E-state index in [1.165, 1.54) is 17.2 Å². The summed E-state index contributed by atoms with van der Waals surface area (Å²) >= 11 is 0. The van der Waals surface area contributed by atoms with Crippen LogP contribution in [0, 0.1) is 12.7 Å². The predicted molar refractivity (Wildman–Crippen MR) is 127 cm³/mol. The zero-order chi connectivity index (χ0) is 24.2. The van der Waals surface area contributed by atoms with Crippen LogP contribution in [0.15, 0.2) is 60.7 Å². The highest BCUT2D eigenvalue weighted by molar-refractivity contribution is 5.79. The van der Waals surface area contributed by atoms with Crippen molar-refractivity contribution in [3.05, 3.63) is 89.0 Å². The Bertz CT molecular complexity index is 1240. The number of hydrogen-bond acceptors (Lipinski definition) is 5. The quantitative estimate of drug-likeness (QED) is 0.604. The van der Waals surface area contributed by atoms with E-state index in [0.717, 1.165) is 11.1 Å². The summed E-state index contributed by atoms with van der Waals surface area (Å²) in [6.45, 7) is 2.51. The van der Waals surface area contributed by atoms with Gasteiger partial charge in [-0.15, -0.1) is 0 Å². The van der Waals surface area contributed by atoms with Crippen LogP contribution in [0.25, 0.3) is 11.1 Å². The summed E-state index contributed by atoms with van der Waals surface area (Å²) in [5.74, 6) is -0.568. The molecule has 3 aromatic rings. The lowest BCUT2D eigenvalue weighted by Gasteiger charge is -2.50. The minimum absolute atomic E-state index is 0.0326. The number of aryl methyl sites for hydroxylation is 1. The van der Waals surface area contributed by atoms with Crippen LogP contribution in [0.2, 0.25) is 0 Å². The number of piperidine rings is 1. The molecular weight excluding hydrogens is 447 g/mol. The predicted octanol–water partition coefficient (Wildman–Crippen LogP) is 4.53. The first-order valence-electron chi connectivity index (χ1n) is 12.0. The molecular formula is C28H27FN2O4. The van der Waals surface area contributed by atoms with Gasteiger partial charge < -0.3 is 14.6 Å². The van der Waals surface area contributed by atoms with E-state index < -0.39 is 29.6 Å². The summed E-state index contributed by atoms with van der Waals surface area (Å²) in [6.07, 6.45) is -0.146. The zero-order valence-electron chi connectivity index (χ0n) is 19.5. The standard InChI is InChI=1S/C28H27FN2O4/c1-17-10-11-25(29)26(30-17)28(33)12-18-14-34-15-19(13-28)31(18)27(32)35-16-24-22-8-4-2-6-20(22)21-7-3-5-9-23(21)24/h2-11,18-19,24,33H,12-16H2,1H3. The van der Waals surface area contributed by atoms with E-state index in [1.54, 1.807) is 17.9 Å². The third-order valence-electron chi connectivity index (χ3n) is 7.53. The molecule has 3 aliphatic rings. The summed E-state index contributed by atoms with van der Waals surface area (Å²) in [7, 11) is 0. The molecule has 6 nitrogen and oxygen atoms in total. The van der Waals surface area contributed by atoms with E-state index in [2.05, 4.69) is 29.2 Å². The number of benzene rings is 2. The van der Waals surface area contributed by atoms with Gasteiger partial charge in [0.25, 0.3) is 0 Å². The summed E-state index contributed by atoms with van der Waals surface area (Å²) in [5.41, 5.74) is 3.86. The van der Waals surface area contributed by atoms with Crippen molar-refractivity contribution in [2.75, 3.05) is 19.8 Å². The number of pyridine rings is 1. The van der Waals surface area contributed by atoms with Crippen LogP contribution in [0.4, 0.5) is 9.18 Å². The Kier molecular flexibility index (Phi) is 5.34. The first-order valence-corrected chi connectivity index (χ1v) is 12.0. The van der Waals surface area contributed by atoms with Gasteiger partial charge in [-0.1, -0.05) is 48.5 Å². The molecule has 2 unspecified atom stereocenters. The Labute approximate surface area is 203 Å². The molecule has 2 bridgehead atoms. The average molecular weight is 475 g/mol. The lowest BCUT2D eigenvalue weighted by Crippen LogP contribution is -2.63. The summed E-state index contributed by atoms with van der Waals surface area (Å²) in [4.78, 5) is 19.3. The second-order valence-electron chi connectivity index (χ2n) is 9.78. The molecule has 35 heavy (non-hydrogen) atoms. The van der Waals surface area contributed by atoms with Gasteiger partial charge in [-0.2, -0.15) is 0 Å². The molecule has 7 heteroatoms. The van der Waals surface area contributed by atoms with E-state index in [9.17, 15) is 14.3 Å². The van der Waals surface area contributed by atoms with Crippen LogP contribution in [0.3, 0.4) is 0 Å². The van der Waals surface area contributed by atoms with Gasteiger partial charge in [-0.25, -0.2) is 9.18 Å². The molecule has 1 aliphatic carbocycles. The molecule has 1 aromatic heterocycles. The second-order valence-corrected chi connectivity index (χ2v) is 9.78. The average Bonchev–Trinajstić information content (AvgIpc) is 3.17. The number of rotatable bonds is 3. The number of amides is 1. The zero-order valence-corrected chi connectivity index (χ0v) is 19.5. The number of nitrogens with zero attached hydrogens (tertiary/aromatic N) is 2. The number of carbonyl (C=O) groups excluding carboxylic acids is 1. The van der Waals surface area contributed by atoms with E-state index in [4.69, 9.17) is 9.47 Å². The minimum Gasteiger partial charge on any atom is -0.448 e. The molecule has 0 radical (unpaired) electrons. The fraction of sp³-hybridized carbons (Fsp3) is 0.357. The summed E-state index contributed by atoms with van der Waals surface area (Å²) < 4.78 is 26.2. The first-order chi connectivity index (χ1) is 16.9. The Hall–Kier alpha value is -3.29. The van der Waals surface area contributed by atoms with Crippen molar-refractivity contribution in [3.8, 4) is 11.1 Å². The number of fused-ring (bicyclic) bond motifs is 5. The molecule has 3 heterocycles. The van der Waals surface area contributed by atoms with Crippen LogP contribution in [0.1, 0.15) is 41.3 Å². The van der Waals surface area contributed by atoms with Crippen LogP contribution < -0.4 is 0 Å². The van der Waals surface area contributed by atoms with Gasteiger partial charge in [-0.3, -0.25) is 9.88 Å². The number of aliphatic hydroxyl groups is 1. The van der Waals surface area contributed by atoms with Gasteiger partial charge in [0.05, 0.1) is 25.3 Å². The van der Waals surface area contributed by atoms with Crippen molar-refractivity contribution in [3.63, 3.8) is 0 Å². The highest BCUT2D eigenvalue weighted by Crippen LogP contribution is 2.45. The van der Waals surface area contributed by atoms with Gasteiger partial charge in [0.2, 0.25) is 0 Å². The van der Waals surface area contributed by atoms with Crippen LogP contribution in [0.5, 0.6) is 0 Å². The number of ether oxygens (including phenoxy) is 2. The van der Waals surface area contributed by atoms with Crippen molar-refractivity contribution in [1.29, 1.82) is 0 Å². The fourth-order valence-corrected chi connectivity index (χ4v) is 6.00. The largest absolute Gasteiger partial charge is 0.448 e. The van der Waals surface area contributed by atoms with Gasteiger partial charge in [0.15, 0.2) is 0 Å². The molecule has 180 valence electrons. The Morgan fingerprint density at radius 3 is 2.29 bits per heavy atom. The Balaban J connectivity index is 1.22. The SMILES string of the molecule is Cc1ccc(F)c(C2(O)CC3COCC(C2)N3C(=O)OCC2c3ccccc3-c3ccccc32)n1. The van der Waals surface area contributed by atoms with E-state index in [-0.39, 0.29) is 44.3 Å². The summed E-state index contributed by atoms with van der Waals surface area (Å²) in [5, 5.41) is 11.4. The summed E-state index contributed by atoms with van der Waals surface area (Å²) in [6, 6.07) is 18.5. The maximum atomic E-state index is 14.6. The molecule has 2 saturated heterocycles. The molecule has 2 aliphatic heterocycles. The fourth-order valence-electron chi connectivity index (χ4n) is 6.00. The molecule has 2 fully saturated rings. The van der Waals surface area contributed by atoms with Crippen molar-refractivity contribution >= 4 is 6.09 Å². The molecule has 2 aromatic carbocycles. The van der Waals surface area contributed by atoms with Gasteiger partial charge >= 0.3 is 6.09 Å². The Morgan fingerprint density at radius 2 is 1.66 bits per heavy atom. The third kappa shape index (κ3) is 3.70. The third-order valence-corrected chi connectivity index (χ3v) is 7.53. The molecule has 0 saturated carbocycles. The van der Waals surface area contributed by atoms with E-state index >= 15 is 0 Å². The molecule has 2 atom stereocenters. The van der Waals surface area contributed by atoms with Crippen molar-refractivity contribution in [1.82, 2.24) is 9.88 Å². The lowest BCUT2D eigenvalue weighted by molar-refractivity contribution is -0.139. The van der Waals surface area contributed by atoms with Gasteiger partial charge in [0, 0.05) is 24.5 Å². The van der Waals surface area contributed by atoms with E-state index in [0.29, 0.717) is 5.69 Å². The highest BCUT2D eigenvalue weighted by atomic mass is 19.1. The number of halogens is 1. The number of carbonyl (C=O) groups is 1. The van der Waals surface area contributed by atoms with Crippen LogP contribution >= 0.6 is 0 Å². The topological polar surface area (TPSA) is 71.9 Å². The van der Waals surface area contributed by atoms with Crippen molar-refractivity contribution < 1.29 is 23.8 Å². The van der Waals surface area contributed by atoms with Gasteiger partial charge in [-0.05, 0) is 41.3 Å². The lowest BCUT2D eigenvalue weighted by atomic mass is 9.79. The number of morpholine rings is 1. The van der Waals surface area contributed by atoms with Crippen LogP contribution in [-0.2, 0) is 15.1 Å². The van der Waals surface area contributed by atoms with Crippen molar-refractivity contribution in [2.24, 2.45) is 0 Å². The normalized spacial score (nSPS) is 25.2. The molecule has 0 spiro atoms. The monoisotopic (exact) mass is 474 g/mol. The number of hydrogen-bond donors (Lipinski definition) is 1. The maximum absolute atomic E-state index is 14.6. The minimum atomic E-state index is -1.46. The maximum Gasteiger partial charge on any atom is 0.410 e. The Morgan fingerprint density at radius 1 is 1.06 bits per heavy atom. The molecule has 1 amide bonds. The van der Waals surface area contributed by atoms with E-state index in [1.807, 2.05) is 24.3 Å².